The summed E-state index contributed by atoms with van der Waals surface area (Å²) in [5.41, 5.74) is -0.0234. The second-order valence-electron chi connectivity index (χ2n) is 5.55. The lowest BCUT2D eigenvalue weighted by atomic mass is 10.1. The molecule has 0 saturated heterocycles. The molecule has 0 bridgehead atoms. The summed E-state index contributed by atoms with van der Waals surface area (Å²) in [5.74, 6) is 1.35. The van der Waals surface area contributed by atoms with E-state index < -0.39 is 11.9 Å². The Hall–Kier alpha value is -2.10. The van der Waals surface area contributed by atoms with E-state index >= 15 is 0 Å². The standard InChI is InChI=1S/C15H20F3N5OS/c1-4-19-14(20-6-10-5-11(9(2)3)23-24-10)21-7-13-22-12(8-25-13)15(16,17)18/h5,8-9H,4,6-7H2,1-3H3,(H2,19,20,21). The van der Waals surface area contributed by atoms with E-state index in [9.17, 15) is 13.2 Å². The average molecular weight is 375 g/mol. The van der Waals surface area contributed by atoms with Crippen LogP contribution in [0.4, 0.5) is 13.2 Å². The minimum Gasteiger partial charge on any atom is -0.359 e. The molecule has 2 aromatic rings. The Balaban J connectivity index is 1.96. The summed E-state index contributed by atoms with van der Waals surface area (Å²) < 4.78 is 42.9. The second-order valence-corrected chi connectivity index (χ2v) is 6.49. The lowest BCUT2D eigenvalue weighted by Crippen LogP contribution is -2.36. The summed E-state index contributed by atoms with van der Waals surface area (Å²) in [6.07, 6.45) is -4.42. The Morgan fingerprint density at radius 2 is 2.12 bits per heavy atom. The van der Waals surface area contributed by atoms with Crippen LogP contribution in [0, 0.1) is 0 Å². The highest BCUT2D eigenvalue weighted by Gasteiger charge is 2.33. The zero-order valence-corrected chi connectivity index (χ0v) is 15.0. The minimum absolute atomic E-state index is 0.153. The van der Waals surface area contributed by atoms with Gasteiger partial charge >= 0.3 is 6.18 Å². The topological polar surface area (TPSA) is 75.3 Å². The number of nitrogens with zero attached hydrogens (tertiary/aromatic N) is 3. The van der Waals surface area contributed by atoms with Gasteiger partial charge in [0.25, 0.3) is 0 Å². The summed E-state index contributed by atoms with van der Waals surface area (Å²) in [7, 11) is 0. The van der Waals surface area contributed by atoms with Crippen molar-refractivity contribution in [3.63, 3.8) is 0 Å². The Morgan fingerprint density at radius 1 is 1.36 bits per heavy atom. The van der Waals surface area contributed by atoms with Crippen LogP contribution in [-0.4, -0.2) is 22.6 Å². The molecule has 2 N–H and O–H groups in total. The molecule has 2 aromatic heterocycles. The Morgan fingerprint density at radius 3 is 2.68 bits per heavy atom. The van der Waals surface area contributed by atoms with Crippen molar-refractivity contribution in [2.24, 2.45) is 4.99 Å². The molecular weight excluding hydrogens is 355 g/mol. The number of hydrogen-bond acceptors (Lipinski definition) is 5. The van der Waals surface area contributed by atoms with E-state index in [1.165, 1.54) is 0 Å². The highest BCUT2D eigenvalue weighted by atomic mass is 32.1. The molecular formula is C15H20F3N5OS. The van der Waals surface area contributed by atoms with Crippen LogP contribution in [0.5, 0.6) is 0 Å². The van der Waals surface area contributed by atoms with Crippen LogP contribution < -0.4 is 10.6 Å². The van der Waals surface area contributed by atoms with Gasteiger partial charge in [-0.25, -0.2) is 9.98 Å². The number of nitrogens with one attached hydrogen (secondary N) is 2. The van der Waals surface area contributed by atoms with Crippen LogP contribution in [0.1, 0.15) is 48.8 Å². The maximum atomic E-state index is 12.6. The Labute approximate surface area is 147 Å². The van der Waals surface area contributed by atoms with Gasteiger partial charge in [0.1, 0.15) is 11.6 Å². The molecule has 0 aromatic carbocycles. The maximum absolute atomic E-state index is 12.6. The fourth-order valence-corrected chi connectivity index (χ4v) is 2.60. The number of thiazole rings is 1. The van der Waals surface area contributed by atoms with E-state index in [4.69, 9.17) is 4.52 Å². The van der Waals surface area contributed by atoms with Crippen LogP contribution in [0.3, 0.4) is 0 Å². The van der Waals surface area contributed by atoms with Crippen molar-refractivity contribution in [2.75, 3.05) is 6.54 Å². The first-order valence-electron chi connectivity index (χ1n) is 7.78. The lowest BCUT2D eigenvalue weighted by molar-refractivity contribution is -0.140. The van der Waals surface area contributed by atoms with Crippen molar-refractivity contribution in [3.05, 3.63) is 33.6 Å². The number of aliphatic imine (C=N–C) groups is 1. The number of alkyl halides is 3. The van der Waals surface area contributed by atoms with Gasteiger partial charge in [0.15, 0.2) is 17.4 Å². The monoisotopic (exact) mass is 375 g/mol. The van der Waals surface area contributed by atoms with Gasteiger partial charge in [0, 0.05) is 18.0 Å². The van der Waals surface area contributed by atoms with Gasteiger partial charge in [-0.05, 0) is 12.8 Å². The van der Waals surface area contributed by atoms with E-state index in [0.29, 0.717) is 23.3 Å². The number of rotatable bonds is 6. The van der Waals surface area contributed by atoms with Gasteiger partial charge in [-0.3, -0.25) is 0 Å². The third-order valence-corrected chi connectivity index (χ3v) is 4.00. The van der Waals surface area contributed by atoms with Crippen molar-refractivity contribution < 1.29 is 17.7 Å². The van der Waals surface area contributed by atoms with E-state index in [1.807, 2.05) is 26.8 Å². The normalized spacial score (nSPS) is 12.7. The summed E-state index contributed by atoms with van der Waals surface area (Å²) in [6, 6.07) is 1.84. The van der Waals surface area contributed by atoms with Crippen LogP contribution >= 0.6 is 11.3 Å². The van der Waals surface area contributed by atoms with Crippen molar-refractivity contribution >= 4 is 17.3 Å². The van der Waals surface area contributed by atoms with Gasteiger partial charge < -0.3 is 15.2 Å². The van der Waals surface area contributed by atoms with Crippen LogP contribution in [0.25, 0.3) is 0 Å². The minimum atomic E-state index is -4.42. The van der Waals surface area contributed by atoms with E-state index in [-0.39, 0.29) is 19.0 Å². The predicted molar refractivity (Wildman–Crippen MR) is 89.4 cm³/mol. The van der Waals surface area contributed by atoms with Crippen molar-refractivity contribution in [3.8, 4) is 0 Å². The van der Waals surface area contributed by atoms with Crippen LogP contribution in [-0.2, 0) is 19.3 Å². The number of halogens is 3. The third kappa shape index (κ3) is 5.73. The SMILES string of the molecule is CCNC(=NCc1cc(C(C)C)no1)NCc1nc(C(F)(F)F)cs1. The summed E-state index contributed by atoms with van der Waals surface area (Å²) in [4.78, 5) is 7.92. The summed E-state index contributed by atoms with van der Waals surface area (Å²) in [6.45, 7) is 6.97. The van der Waals surface area contributed by atoms with Gasteiger partial charge in [-0.15, -0.1) is 11.3 Å². The number of guanidine groups is 1. The largest absolute Gasteiger partial charge is 0.434 e. The van der Waals surface area contributed by atoms with Crippen molar-refractivity contribution in [1.29, 1.82) is 0 Å². The second kappa shape index (κ2) is 8.32. The van der Waals surface area contributed by atoms with Gasteiger partial charge in [0.05, 0.1) is 12.2 Å². The summed E-state index contributed by atoms with van der Waals surface area (Å²) >= 11 is 0.953. The molecule has 0 radical (unpaired) electrons. The molecule has 0 atom stereocenters. The van der Waals surface area contributed by atoms with Crippen molar-refractivity contribution in [1.82, 2.24) is 20.8 Å². The van der Waals surface area contributed by atoms with E-state index in [1.54, 1.807) is 0 Å². The molecule has 0 aliphatic rings. The molecule has 0 aliphatic carbocycles. The fraction of sp³-hybridized carbons (Fsp3) is 0.533. The first-order chi connectivity index (χ1) is 11.8. The van der Waals surface area contributed by atoms with E-state index in [2.05, 4.69) is 25.8 Å². The maximum Gasteiger partial charge on any atom is 0.434 e. The molecule has 10 heteroatoms. The Bertz CT molecular complexity index is 708. The van der Waals surface area contributed by atoms with Crippen molar-refractivity contribution in [2.45, 2.75) is 46.0 Å². The predicted octanol–water partition coefficient (Wildman–Crippen LogP) is 3.53. The molecule has 2 heterocycles. The molecule has 0 spiro atoms. The molecule has 138 valence electrons. The molecule has 6 nitrogen and oxygen atoms in total. The van der Waals surface area contributed by atoms with Gasteiger partial charge in [-0.2, -0.15) is 13.2 Å². The summed E-state index contributed by atoms with van der Waals surface area (Å²) in [5, 5.41) is 11.3. The zero-order valence-electron chi connectivity index (χ0n) is 14.1. The first kappa shape index (κ1) is 19.2. The number of aromatic nitrogens is 2. The van der Waals surface area contributed by atoms with E-state index in [0.717, 1.165) is 22.4 Å². The highest BCUT2D eigenvalue weighted by Crippen LogP contribution is 2.29. The molecule has 25 heavy (non-hydrogen) atoms. The lowest BCUT2D eigenvalue weighted by Gasteiger charge is -2.09. The zero-order chi connectivity index (χ0) is 18.4. The van der Waals surface area contributed by atoms with Gasteiger partial charge in [0.2, 0.25) is 0 Å². The quantitative estimate of drug-likeness (QED) is 0.597. The molecule has 0 unspecified atom stereocenters. The average Bonchev–Trinajstić information content (AvgIpc) is 3.18. The highest BCUT2D eigenvalue weighted by molar-refractivity contribution is 7.09. The molecule has 0 fully saturated rings. The molecule has 0 amide bonds. The molecule has 2 rings (SSSR count). The molecule has 0 aliphatic heterocycles. The smallest absolute Gasteiger partial charge is 0.359 e. The third-order valence-electron chi connectivity index (χ3n) is 3.16. The van der Waals surface area contributed by atoms with Gasteiger partial charge in [-0.1, -0.05) is 19.0 Å². The Kier molecular flexibility index (Phi) is 6.40. The number of hydrogen-bond donors (Lipinski definition) is 2. The van der Waals surface area contributed by atoms with Crippen LogP contribution in [0.2, 0.25) is 0 Å². The fourth-order valence-electron chi connectivity index (χ4n) is 1.86. The van der Waals surface area contributed by atoms with Crippen LogP contribution in [0.15, 0.2) is 21.0 Å². The first-order valence-corrected chi connectivity index (χ1v) is 8.66. The molecule has 0 saturated carbocycles.